The Morgan fingerprint density at radius 3 is 2.31 bits per heavy atom. The van der Waals surface area contributed by atoms with E-state index in [1.807, 2.05) is 12.1 Å². The molecular formula is C28H42N8O3. The third-order valence-electron chi connectivity index (χ3n) is 7.58. The lowest BCUT2D eigenvalue weighted by Gasteiger charge is -2.37. The van der Waals surface area contributed by atoms with E-state index in [-0.39, 0.29) is 17.8 Å². The fourth-order valence-electron chi connectivity index (χ4n) is 5.07. The number of nitrogens with two attached hydrogens (primary N) is 1. The van der Waals surface area contributed by atoms with Crippen LogP contribution in [0.4, 0.5) is 10.6 Å². The monoisotopic (exact) mass is 538 g/mol. The molecule has 0 bridgehead atoms. The number of hydrogen-bond acceptors (Lipinski definition) is 7. The van der Waals surface area contributed by atoms with Crippen molar-refractivity contribution in [2.24, 2.45) is 11.7 Å². The maximum atomic E-state index is 12.8. The lowest BCUT2D eigenvalue weighted by molar-refractivity contribution is -0.137. The quantitative estimate of drug-likeness (QED) is 0.436. The molecule has 0 aliphatic carbocycles. The summed E-state index contributed by atoms with van der Waals surface area (Å²) in [5, 5.41) is 6.04. The van der Waals surface area contributed by atoms with Crippen molar-refractivity contribution < 1.29 is 9.59 Å². The molecule has 4 N–H and O–H groups in total. The second-order valence-electron chi connectivity index (χ2n) is 11.2. The summed E-state index contributed by atoms with van der Waals surface area (Å²) in [4.78, 5) is 47.7. The van der Waals surface area contributed by atoms with Crippen molar-refractivity contribution >= 4 is 17.8 Å². The maximum Gasteiger partial charge on any atom is 0.354 e. The Labute approximate surface area is 230 Å². The Morgan fingerprint density at radius 2 is 1.77 bits per heavy atom. The Balaban J connectivity index is 1.31. The largest absolute Gasteiger partial charge is 0.354 e. The first-order valence-corrected chi connectivity index (χ1v) is 13.8. The summed E-state index contributed by atoms with van der Waals surface area (Å²) in [7, 11) is 0. The number of amides is 3. The summed E-state index contributed by atoms with van der Waals surface area (Å²) in [6.07, 6.45) is 2.56. The molecule has 39 heavy (non-hydrogen) atoms. The SMILES string of the molecule is CCN(CC1CNC1)C(C)Cc1ccc(-n2ccc(NC(=O)N3CCN(C(=O)C(C)(C)N)CC3)nc2=O)cc1. The maximum absolute atomic E-state index is 12.8. The summed E-state index contributed by atoms with van der Waals surface area (Å²) in [5.41, 5.74) is 6.44. The van der Waals surface area contributed by atoms with E-state index >= 15 is 0 Å². The molecule has 2 aromatic rings. The second kappa shape index (κ2) is 12.3. The summed E-state index contributed by atoms with van der Waals surface area (Å²) >= 11 is 0. The van der Waals surface area contributed by atoms with Gasteiger partial charge in [0.05, 0.1) is 11.2 Å². The van der Waals surface area contributed by atoms with E-state index in [0.29, 0.717) is 32.2 Å². The van der Waals surface area contributed by atoms with Crippen molar-refractivity contribution in [3.8, 4) is 5.69 Å². The molecule has 3 amide bonds. The lowest BCUT2D eigenvalue weighted by atomic mass is 10.00. The molecule has 1 atom stereocenters. The van der Waals surface area contributed by atoms with Gasteiger partial charge in [-0.3, -0.25) is 14.7 Å². The normalized spacial score (nSPS) is 17.2. The molecule has 0 spiro atoms. The molecule has 11 nitrogen and oxygen atoms in total. The zero-order valence-corrected chi connectivity index (χ0v) is 23.5. The van der Waals surface area contributed by atoms with Crippen molar-refractivity contribution in [1.82, 2.24) is 29.6 Å². The van der Waals surface area contributed by atoms with Crippen LogP contribution < -0.4 is 22.1 Å². The number of hydrogen-bond donors (Lipinski definition) is 3. The molecule has 11 heteroatoms. The van der Waals surface area contributed by atoms with Gasteiger partial charge < -0.3 is 25.8 Å². The molecule has 1 aromatic heterocycles. The summed E-state index contributed by atoms with van der Waals surface area (Å²) in [6.45, 7) is 13.8. The molecule has 2 aliphatic heterocycles. The van der Waals surface area contributed by atoms with Crippen molar-refractivity contribution in [2.45, 2.75) is 45.7 Å². The van der Waals surface area contributed by atoms with Crippen LogP contribution in [0.15, 0.2) is 41.3 Å². The van der Waals surface area contributed by atoms with Crippen LogP contribution in [0.5, 0.6) is 0 Å². The Bertz CT molecular complexity index is 1190. The smallest absolute Gasteiger partial charge is 0.338 e. The molecule has 2 fully saturated rings. The first kappa shape index (κ1) is 28.7. The average Bonchev–Trinajstić information content (AvgIpc) is 2.88. The van der Waals surface area contributed by atoms with Gasteiger partial charge in [0, 0.05) is 58.1 Å². The van der Waals surface area contributed by atoms with Gasteiger partial charge in [-0.1, -0.05) is 19.1 Å². The van der Waals surface area contributed by atoms with Crippen LogP contribution in [0.25, 0.3) is 5.69 Å². The summed E-state index contributed by atoms with van der Waals surface area (Å²) in [5.74, 6) is 0.793. The van der Waals surface area contributed by atoms with Crippen LogP contribution in [0, 0.1) is 5.92 Å². The highest BCUT2D eigenvalue weighted by molar-refractivity contribution is 5.89. The molecule has 4 rings (SSSR count). The van der Waals surface area contributed by atoms with Crippen LogP contribution >= 0.6 is 0 Å². The van der Waals surface area contributed by atoms with Gasteiger partial charge in [-0.15, -0.1) is 0 Å². The molecule has 2 aliphatic rings. The van der Waals surface area contributed by atoms with Crippen LogP contribution in [0.2, 0.25) is 0 Å². The minimum absolute atomic E-state index is 0.139. The highest BCUT2D eigenvalue weighted by Crippen LogP contribution is 2.16. The predicted molar refractivity (Wildman–Crippen MR) is 152 cm³/mol. The standard InChI is InChI=1S/C28H42N8O3/c1-5-33(19-22-17-30-18-22)20(2)16-21-6-8-23(9-7-21)36-11-10-24(32-27(36)39)31-26(38)35-14-12-34(13-15-35)25(37)28(3,4)29/h6-11,20,22,30H,5,12-19,29H2,1-4H3,(H,31,32,38,39). The van der Waals surface area contributed by atoms with E-state index in [1.54, 1.807) is 35.9 Å². The van der Waals surface area contributed by atoms with Crippen molar-refractivity contribution in [3.05, 3.63) is 52.6 Å². The number of carbonyl (C=O) groups is 2. The number of aromatic nitrogens is 2. The number of likely N-dealkylation sites (N-methyl/N-ethyl adjacent to an activating group) is 1. The topological polar surface area (TPSA) is 129 Å². The number of urea groups is 1. The highest BCUT2D eigenvalue weighted by Gasteiger charge is 2.31. The molecule has 0 saturated carbocycles. The van der Waals surface area contributed by atoms with E-state index in [9.17, 15) is 14.4 Å². The van der Waals surface area contributed by atoms with Crippen LogP contribution in [-0.2, 0) is 11.2 Å². The number of nitrogens with one attached hydrogen (secondary N) is 2. The second-order valence-corrected chi connectivity index (χ2v) is 11.2. The molecule has 212 valence electrons. The Hall–Kier alpha value is -3.28. The van der Waals surface area contributed by atoms with Gasteiger partial charge in [0.2, 0.25) is 5.91 Å². The van der Waals surface area contributed by atoms with Crippen LogP contribution in [-0.4, -0.2) is 100 Å². The zero-order valence-electron chi connectivity index (χ0n) is 23.5. The minimum Gasteiger partial charge on any atom is -0.338 e. The molecule has 2 saturated heterocycles. The Morgan fingerprint density at radius 1 is 1.13 bits per heavy atom. The fraction of sp³-hybridized carbons (Fsp3) is 0.571. The summed E-state index contributed by atoms with van der Waals surface area (Å²) in [6, 6.07) is 9.67. The zero-order chi connectivity index (χ0) is 28.2. The van der Waals surface area contributed by atoms with Gasteiger partial charge >= 0.3 is 11.7 Å². The van der Waals surface area contributed by atoms with E-state index in [2.05, 4.69) is 46.5 Å². The van der Waals surface area contributed by atoms with E-state index in [1.165, 1.54) is 10.1 Å². The van der Waals surface area contributed by atoms with Gasteiger partial charge in [0.15, 0.2) is 0 Å². The summed E-state index contributed by atoms with van der Waals surface area (Å²) < 4.78 is 1.46. The molecule has 1 aromatic carbocycles. The van der Waals surface area contributed by atoms with Gasteiger partial charge in [0.25, 0.3) is 0 Å². The minimum atomic E-state index is -0.944. The molecule has 0 radical (unpaired) electrons. The number of nitrogens with zero attached hydrogens (tertiary/aromatic N) is 5. The fourth-order valence-corrected chi connectivity index (χ4v) is 5.07. The highest BCUT2D eigenvalue weighted by atomic mass is 16.2. The third-order valence-corrected chi connectivity index (χ3v) is 7.58. The van der Waals surface area contributed by atoms with Gasteiger partial charge in [-0.2, -0.15) is 4.98 Å². The van der Waals surface area contributed by atoms with E-state index in [0.717, 1.165) is 44.2 Å². The van der Waals surface area contributed by atoms with E-state index < -0.39 is 11.2 Å². The van der Waals surface area contributed by atoms with E-state index in [4.69, 9.17) is 5.73 Å². The van der Waals surface area contributed by atoms with Gasteiger partial charge in [0.1, 0.15) is 5.82 Å². The first-order chi connectivity index (χ1) is 18.5. The van der Waals surface area contributed by atoms with Crippen LogP contribution in [0.1, 0.15) is 33.3 Å². The molecular weight excluding hydrogens is 496 g/mol. The lowest BCUT2D eigenvalue weighted by Crippen LogP contribution is -2.58. The number of anilines is 1. The number of piperazine rings is 1. The third kappa shape index (κ3) is 7.23. The molecule has 3 heterocycles. The molecule has 1 unspecified atom stereocenters. The van der Waals surface area contributed by atoms with Crippen molar-refractivity contribution in [1.29, 1.82) is 0 Å². The number of carbonyl (C=O) groups excluding carboxylic acids is 2. The predicted octanol–water partition coefficient (Wildman–Crippen LogP) is 1.12. The van der Waals surface area contributed by atoms with Crippen molar-refractivity contribution in [3.63, 3.8) is 0 Å². The van der Waals surface area contributed by atoms with Crippen molar-refractivity contribution in [2.75, 3.05) is 57.7 Å². The number of rotatable bonds is 9. The Kier molecular flexibility index (Phi) is 9.04. The number of benzene rings is 1. The van der Waals surface area contributed by atoms with Crippen LogP contribution in [0.3, 0.4) is 0 Å². The van der Waals surface area contributed by atoms with Gasteiger partial charge in [-0.05, 0) is 63.4 Å². The average molecular weight is 539 g/mol. The first-order valence-electron chi connectivity index (χ1n) is 13.8. The van der Waals surface area contributed by atoms with Gasteiger partial charge in [-0.25, -0.2) is 9.59 Å².